The normalized spacial score (nSPS) is 14.5. The molecule has 1 aromatic carbocycles. The molecule has 2 heterocycles. The van der Waals surface area contributed by atoms with E-state index in [2.05, 4.69) is 46.5 Å². The first-order valence-corrected chi connectivity index (χ1v) is 13.5. The molecule has 198 valence electrons. The van der Waals surface area contributed by atoms with Crippen molar-refractivity contribution in [3.05, 3.63) is 77.0 Å². The molecule has 2 aromatic rings. The fraction of sp³-hybridized carbons (Fsp3) is 0.379. The molecule has 1 fully saturated rings. The van der Waals surface area contributed by atoms with E-state index in [1.807, 2.05) is 31.2 Å². The SMILES string of the molecule is C=CCOCc1cc(/C(=C/C)N=C(N=C)Nc2ccc(OCCN3CCCC3)c(COCC=C)c2)cs1. The van der Waals surface area contributed by atoms with Crippen molar-refractivity contribution >= 4 is 35.4 Å². The summed E-state index contributed by atoms with van der Waals surface area (Å²) in [7, 11) is 0. The molecule has 1 aromatic heterocycles. The number of hydrogen-bond acceptors (Lipinski definition) is 6. The summed E-state index contributed by atoms with van der Waals surface area (Å²) < 4.78 is 17.4. The first-order chi connectivity index (χ1) is 18.2. The lowest BCUT2D eigenvalue weighted by Crippen LogP contribution is -2.25. The number of nitrogens with zero attached hydrogens (tertiary/aromatic N) is 3. The van der Waals surface area contributed by atoms with Crippen molar-refractivity contribution in [1.29, 1.82) is 0 Å². The molecule has 0 radical (unpaired) electrons. The van der Waals surface area contributed by atoms with E-state index in [1.165, 1.54) is 12.8 Å². The van der Waals surface area contributed by atoms with E-state index >= 15 is 0 Å². The second kappa shape index (κ2) is 15.9. The number of ether oxygens (including phenoxy) is 3. The van der Waals surface area contributed by atoms with Gasteiger partial charge in [-0.1, -0.05) is 18.2 Å². The molecule has 8 heteroatoms. The minimum absolute atomic E-state index is 0.407. The van der Waals surface area contributed by atoms with Crippen LogP contribution < -0.4 is 10.1 Å². The molecule has 1 N–H and O–H groups in total. The van der Waals surface area contributed by atoms with Gasteiger partial charge in [-0.05, 0) is 63.8 Å². The van der Waals surface area contributed by atoms with E-state index in [0.29, 0.717) is 39.0 Å². The minimum atomic E-state index is 0.407. The molecular formula is C29H38N4O3S. The van der Waals surface area contributed by atoms with Gasteiger partial charge >= 0.3 is 0 Å². The van der Waals surface area contributed by atoms with Crippen LogP contribution in [0, 0.1) is 0 Å². The van der Waals surface area contributed by atoms with Crippen LogP contribution in [0.2, 0.25) is 0 Å². The molecule has 37 heavy (non-hydrogen) atoms. The average molecular weight is 523 g/mol. The Balaban J connectivity index is 1.69. The van der Waals surface area contributed by atoms with E-state index in [1.54, 1.807) is 23.5 Å². The van der Waals surface area contributed by atoms with Crippen LogP contribution >= 0.6 is 11.3 Å². The highest BCUT2D eigenvalue weighted by atomic mass is 32.1. The summed E-state index contributed by atoms with van der Waals surface area (Å²) in [6.07, 6.45) is 7.98. The lowest BCUT2D eigenvalue weighted by atomic mass is 10.2. The van der Waals surface area contributed by atoms with Crippen LogP contribution in [0.5, 0.6) is 5.75 Å². The second-order valence-electron chi connectivity index (χ2n) is 8.52. The third-order valence-electron chi connectivity index (χ3n) is 5.75. The molecule has 1 aliphatic rings. The molecule has 1 saturated heterocycles. The summed E-state index contributed by atoms with van der Waals surface area (Å²) >= 11 is 1.64. The number of thiophene rings is 1. The maximum absolute atomic E-state index is 6.13. The standard InChI is InChI=1S/C29H38N4O3S/c1-5-15-34-20-23-18-25(10-11-28(23)36-17-14-33-12-8-9-13-33)31-29(30-4)32-27(7-3)24-19-26(37-22-24)21-35-16-6-2/h5-7,10-11,18-19,22H,1-2,4,8-9,12-17,20-21H2,3H3,(H,31,32)/b27-7-. The van der Waals surface area contributed by atoms with Gasteiger partial charge in [0.1, 0.15) is 12.4 Å². The van der Waals surface area contributed by atoms with E-state index in [4.69, 9.17) is 19.2 Å². The fourth-order valence-electron chi connectivity index (χ4n) is 3.93. The number of anilines is 1. The Hall–Kier alpha value is -3.04. The van der Waals surface area contributed by atoms with Gasteiger partial charge in [-0.15, -0.1) is 24.5 Å². The van der Waals surface area contributed by atoms with Crippen molar-refractivity contribution in [2.24, 2.45) is 9.98 Å². The smallest absolute Gasteiger partial charge is 0.227 e. The number of aliphatic imine (C=N–C) groups is 2. The predicted molar refractivity (Wildman–Crippen MR) is 156 cm³/mol. The molecule has 0 saturated carbocycles. The van der Waals surface area contributed by atoms with Crippen LogP contribution in [0.15, 0.2) is 71.0 Å². The lowest BCUT2D eigenvalue weighted by Gasteiger charge is -2.17. The van der Waals surface area contributed by atoms with Crippen molar-refractivity contribution in [3.63, 3.8) is 0 Å². The number of likely N-dealkylation sites (tertiary alicyclic amines) is 1. The largest absolute Gasteiger partial charge is 0.492 e. The quantitative estimate of drug-likeness (QED) is 0.131. The van der Waals surface area contributed by atoms with Gasteiger partial charge in [0.15, 0.2) is 0 Å². The van der Waals surface area contributed by atoms with Crippen LogP contribution in [0.1, 0.15) is 35.8 Å². The second-order valence-corrected chi connectivity index (χ2v) is 9.52. The van der Waals surface area contributed by atoms with Gasteiger partial charge < -0.3 is 19.5 Å². The number of nitrogens with one attached hydrogen (secondary N) is 1. The number of benzene rings is 1. The Bertz CT molecular complexity index is 1090. The Kier molecular flexibility index (Phi) is 12.3. The summed E-state index contributed by atoms with van der Waals surface area (Å²) in [6.45, 7) is 18.9. The lowest BCUT2D eigenvalue weighted by molar-refractivity contribution is 0.144. The van der Waals surface area contributed by atoms with E-state index in [-0.39, 0.29) is 0 Å². The zero-order chi connectivity index (χ0) is 26.3. The molecule has 0 spiro atoms. The molecule has 0 bridgehead atoms. The van der Waals surface area contributed by atoms with Crippen molar-refractivity contribution in [2.45, 2.75) is 33.0 Å². The Morgan fingerprint density at radius 1 is 1.11 bits per heavy atom. The summed E-state index contributed by atoms with van der Waals surface area (Å²) in [5.74, 6) is 1.22. The first-order valence-electron chi connectivity index (χ1n) is 12.6. The van der Waals surface area contributed by atoms with Gasteiger partial charge in [-0.2, -0.15) is 0 Å². The third-order valence-corrected chi connectivity index (χ3v) is 6.66. The van der Waals surface area contributed by atoms with Crippen molar-refractivity contribution in [3.8, 4) is 5.75 Å². The summed E-state index contributed by atoms with van der Waals surface area (Å²) in [5.41, 5.74) is 3.59. The minimum Gasteiger partial charge on any atom is -0.492 e. The maximum atomic E-state index is 6.13. The third kappa shape index (κ3) is 9.40. The average Bonchev–Trinajstić information content (AvgIpc) is 3.60. The van der Waals surface area contributed by atoms with Crippen LogP contribution in [0.3, 0.4) is 0 Å². The monoisotopic (exact) mass is 522 g/mol. The van der Waals surface area contributed by atoms with Crippen LogP contribution in [0.25, 0.3) is 5.70 Å². The fourth-order valence-corrected chi connectivity index (χ4v) is 4.74. The van der Waals surface area contributed by atoms with Crippen LogP contribution in [0.4, 0.5) is 5.69 Å². The van der Waals surface area contributed by atoms with Gasteiger partial charge in [0.25, 0.3) is 0 Å². The highest BCUT2D eigenvalue weighted by Gasteiger charge is 2.13. The Labute approximate surface area is 224 Å². The highest BCUT2D eigenvalue weighted by molar-refractivity contribution is 7.10. The highest BCUT2D eigenvalue weighted by Crippen LogP contribution is 2.26. The molecule has 1 aliphatic heterocycles. The Morgan fingerprint density at radius 2 is 1.86 bits per heavy atom. The van der Waals surface area contributed by atoms with Crippen LogP contribution in [-0.4, -0.2) is 57.0 Å². The molecule has 0 unspecified atom stereocenters. The first kappa shape index (κ1) is 28.5. The van der Waals surface area contributed by atoms with Gasteiger partial charge in [-0.3, -0.25) is 4.90 Å². The van der Waals surface area contributed by atoms with Gasteiger partial charge in [-0.25, -0.2) is 9.98 Å². The van der Waals surface area contributed by atoms with Crippen molar-refractivity contribution in [1.82, 2.24) is 4.90 Å². The maximum Gasteiger partial charge on any atom is 0.227 e. The van der Waals surface area contributed by atoms with Gasteiger partial charge in [0.2, 0.25) is 5.96 Å². The summed E-state index contributed by atoms with van der Waals surface area (Å²) in [6, 6.07) is 8.00. The van der Waals surface area contributed by atoms with Gasteiger partial charge in [0.05, 0.1) is 32.1 Å². The van der Waals surface area contributed by atoms with Crippen LogP contribution in [-0.2, 0) is 22.7 Å². The number of rotatable bonds is 15. The number of hydrogen-bond donors (Lipinski definition) is 1. The zero-order valence-corrected chi connectivity index (χ0v) is 22.6. The molecule has 3 rings (SSSR count). The molecule has 0 amide bonds. The number of allylic oxidation sites excluding steroid dienone is 1. The topological polar surface area (TPSA) is 67.7 Å². The molecule has 0 aliphatic carbocycles. The summed E-state index contributed by atoms with van der Waals surface area (Å²) in [4.78, 5) is 12.4. The van der Waals surface area contributed by atoms with Gasteiger partial charge in [0, 0.05) is 33.6 Å². The molecule has 0 atom stereocenters. The summed E-state index contributed by atoms with van der Waals surface area (Å²) in [5, 5.41) is 5.34. The Morgan fingerprint density at radius 3 is 2.57 bits per heavy atom. The van der Waals surface area contributed by atoms with Crippen molar-refractivity contribution < 1.29 is 14.2 Å². The number of guanidine groups is 1. The molecule has 7 nitrogen and oxygen atoms in total. The molecular weight excluding hydrogens is 484 g/mol. The van der Waals surface area contributed by atoms with E-state index in [0.717, 1.165) is 52.8 Å². The zero-order valence-electron chi connectivity index (χ0n) is 21.8. The predicted octanol–water partition coefficient (Wildman–Crippen LogP) is 6.16. The van der Waals surface area contributed by atoms with E-state index in [9.17, 15) is 0 Å². The van der Waals surface area contributed by atoms with Crippen molar-refractivity contribution in [2.75, 3.05) is 44.8 Å². The van der Waals surface area contributed by atoms with E-state index < -0.39 is 0 Å².